The van der Waals surface area contributed by atoms with Crippen LogP contribution >= 0.6 is 0 Å². The van der Waals surface area contributed by atoms with Crippen LogP contribution in [0.3, 0.4) is 0 Å². The Kier molecular flexibility index (Phi) is 13.3. The van der Waals surface area contributed by atoms with Gasteiger partial charge in [0.1, 0.15) is 0 Å². The minimum Gasteiger partial charge on any atom is -0.269 e. The zero-order valence-electron chi connectivity index (χ0n) is 13.1. The molecule has 0 rings (SSSR count). The van der Waals surface area contributed by atoms with Gasteiger partial charge in [0.15, 0.2) is 0 Å². The van der Waals surface area contributed by atoms with Crippen molar-refractivity contribution in [1.82, 2.24) is 5.01 Å². The Labute approximate surface area is 115 Å². The van der Waals surface area contributed by atoms with E-state index in [-0.39, 0.29) is 0 Å². The Hall–Kier alpha value is -0.0800. The molecule has 2 nitrogen and oxygen atoms in total. The Morgan fingerprint density at radius 2 is 1.28 bits per heavy atom. The average molecular weight is 256 g/mol. The van der Waals surface area contributed by atoms with Gasteiger partial charge in [-0.15, -0.1) is 0 Å². The fraction of sp³-hybridized carbons (Fsp3) is 1.00. The lowest BCUT2D eigenvalue weighted by molar-refractivity contribution is 0.264. The zero-order chi connectivity index (χ0) is 13.6. The quantitative estimate of drug-likeness (QED) is 0.293. The first kappa shape index (κ1) is 17.9. The molecule has 0 saturated heterocycles. The first-order valence-corrected chi connectivity index (χ1v) is 8.16. The number of rotatable bonds is 13. The predicted octanol–water partition coefficient (Wildman–Crippen LogP) is 4.74. The average Bonchev–Trinajstić information content (AvgIpc) is 2.32. The van der Waals surface area contributed by atoms with Gasteiger partial charge in [0.05, 0.1) is 0 Å². The fourth-order valence-corrected chi connectivity index (χ4v) is 2.26. The molecule has 0 aliphatic heterocycles. The maximum absolute atomic E-state index is 5.97. The molecule has 18 heavy (non-hydrogen) atoms. The van der Waals surface area contributed by atoms with E-state index in [2.05, 4.69) is 20.8 Å². The van der Waals surface area contributed by atoms with Crippen molar-refractivity contribution in [2.24, 2.45) is 11.8 Å². The molecule has 0 aromatic heterocycles. The van der Waals surface area contributed by atoms with E-state index in [1.54, 1.807) is 0 Å². The van der Waals surface area contributed by atoms with Gasteiger partial charge in [-0.25, -0.2) is 5.01 Å². The van der Waals surface area contributed by atoms with E-state index in [0.717, 1.165) is 19.0 Å². The summed E-state index contributed by atoms with van der Waals surface area (Å²) in [7, 11) is 0. The number of nitrogens with two attached hydrogens (primary N) is 1. The van der Waals surface area contributed by atoms with E-state index in [4.69, 9.17) is 5.84 Å². The molecule has 2 heteroatoms. The van der Waals surface area contributed by atoms with Crippen molar-refractivity contribution in [2.75, 3.05) is 13.1 Å². The first-order valence-electron chi connectivity index (χ1n) is 8.16. The van der Waals surface area contributed by atoms with Crippen molar-refractivity contribution >= 4 is 0 Å². The SMILES string of the molecule is CCCCCCCCCCN(N)CCCC(C)C. The smallest absolute Gasteiger partial charge is 0.0128 e. The molecule has 0 atom stereocenters. The van der Waals surface area contributed by atoms with Gasteiger partial charge >= 0.3 is 0 Å². The van der Waals surface area contributed by atoms with Crippen molar-refractivity contribution in [3.8, 4) is 0 Å². The second kappa shape index (κ2) is 13.4. The van der Waals surface area contributed by atoms with Crippen LogP contribution in [0.5, 0.6) is 0 Å². The third-order valence-corrected chi connectivity index (χ3v) is 3.53. The number of hydrogen-bond donors (Lipinski definition) is 1. The molecule has 0 bridgehead atoms. The lowest BCUT2D eigenvalue weighted by Gasteiger charge is -2.16. The van der Waals surface area contributed by atoms with E-state index in [9.17, 15) is 0 Å². The minimum absolute atomic E-state index is 0.807. The summed E-state index contributed by atoms with van der Waals surface area (Å²) in [6, 6.07) is 0. The standard InChI is InChI=1S/C16H36N2/c1-4-5-6-7-8-9-10-11-14-18(17)15-12-13-16(2)3/h16H,4-15,17H2,1-3H3. The highest BCUT2D eigenvalue weighted by molar-refractivity contribution is 4.53. The summed E-state index contributed by atoms with van der Waals surface area (Å²) < 4.78 is 0. The normalized spacial score (nSPS) is 11.7. The molecule has 0 unspecified atom stereocenters. The zero-order valence-corrected chi connectivity index (χ0v) is 13.1. The molecule has 0 aliphatic carbocycles. The predicted molar refractivity (Wildman–Crippen MR) is 82.4 cm³/mol. The molecular weight excluding hydrogens is 220 g/mol. The Balaban J connectivity index is 3.12. The van der Waals surface area contributed by atoms with E-state index in [1.807, 2.05) is 5.01 Å². The van der Waals surface area contributed by atoms with Crippen LogP contribution < -0.4 is 5.84 Å². The summed E-state index contributed by atoms with van der Waals surface area (Å²) in [6.07, 6.45) is 13.6. The Morgan fingerprint density at radius 3 is 1.83 bits per heavy atom. The van der Waals surface area contributed by atoms with Crippen LogP contribution in [-0.2, 0) is 0 Å². The maximum Gasteiger partial charge on any atom is 0.0128 e. The monoisotopic (exact) mass is 256 g/mol. The highest BCUT2D eigenvalue weighted by atomic mass is 15.4. The summed E-state index contributed by atoms with van der Waals surface area (Å²) >= 11 is 0. The van der Waals surface area contributed by atoms with Crippen molar-refractivity contribution < 1.29 is 0 Å². The van der Waals surface area contributed by atoms with Crippen LogP contribution in [0.4, 0.5) is 0 Å². The number of nitrogens with zero attached hydrogens (tertiary/aromatic N) is 1. The molecule has 0 heterocycles. The molecule has 0 spiro atoms. The first-order chi connectivity index (χ1) is 8.66. The van der Waals surface area contributed by atoms with Crippen molar-refractivity contribution in [2.45, 2.75) is 85.0 Å². The molecule has 0 aliphatic rings. The molecule has 0 amide bonds. The minimum atomic E-state index is 0.807. The van der Waals surface area contributed by atoms with Crippen LogP contribution in [0.15, 0.2) is 0 Å². The van der Waals surface area contributed by atoms with Gasteiger partial charge in [0.2, 0.25) is 0 Å². The lowest BCUT2D eigenvalue weighted by atomic mass is 10.1. The van der Waals surface area contributed by atoms with E-state index < -0.39 is 0 Å². The van der Waals surface area contributed by atoms with Crippen LogP contribution in [0.25, 0.3) is 0 Å². The summed E-state index contributed by atoms with van der Waals surface area (Å²) in [4.78, 5) is 0. The van der Waals surface area contributed by atoms with Gasteiger partial charge in [-0.3, -0.25) is 5.84 Å². The van der Waals surface area contributed by atoms with Crippen molar-refractivity contribution in [1.29, 1.82) is 0 Å². The van der Waals surface area contributed by atoms with Crippen molar-refractivity contribution in [3.05, 3.63) is 0 Å². The third-order valence-electron chi connectivity index (χ3n) is 3.53. The topological polar surface area (TPSA) is 29.3 Å². The van der Waals surface area contributed by atoms with Gasteiger partial charge < -0.3 is 0 Å². The third kappa shape index (κ3) is 14.0. The second-order valence-corrected chi connectivity index (χ2v) is 6.05. The summed E-state index contributed by atoms with van der Waals surface area (Å²) in [5.74, 6) is 6.78. The molecule has 0 fully saturated rings. The Bertz CT molecular complexity index is 157. The van der Waals surface area contributed by atoms with Gasteiger partial charge in [-0.1, -0.05) is 65.7 Å². The van der Waals surface area contributed by atoms with Crippen LogP contribution in [0, 0.1) is 5.92 Å². The van der Waals surface area contributed by atoms with Crippen LogP contribution in [0.1, 0.15) is 85.0 Å². The van der Waals surface area contributed by atoms with E-state index >= 15 is 0 Å². The molecule has 0 saturated carbocycles. The van der Waals surface area contributed by atoms with Gasteiger partial charge in [-0.2, -0.15) is 0 Å². The number of unbranched alkanes of at least 4 members (excludes halogenated alkanes) is 7. The molecular formula is C16H36N2. The largest absolute Gasteiger partial charge is 0.269 e. The van der Waals surface area contributed by atoms with E-state index in [0.29, 0.717) is 0 Å². The van der Waals surface area contributed by atoms with Gasteiger partial charge in [0, 0.05) is 13.1 Å². The fourth-order valence-electron chi connectivity index (χ4n) is 2.26. The second-order valence-electron chi connectivity index (χ2n) is 6.05. The molecule has 110 valence electrons. The summed E-state index contributed by atoms with van der Waals surface area (Å²) in [5.41, 5.74) is 0. The summed E-state index contributed by atoms with van der Waals surface area (Å²) in [6.45, 7) is 8.97. The highest BCUT2D eigenvalue weighted by Gasteiger charge is 2.00. The van der Waals surface area contributed by atoms with E-state index in [1.165, 1.54) is 64.2 Å². The molecule has 2 N–H and O–H groups in total. The maximum atomic E-state index is 5.97. The molecule has 0 aromatic rings. The lowest BCUT2D eigenvalue weighted by Crippen LogP contribution is -2.33. The van der Waals surface area contributed by atoms with Crippen LogP contribution in [-0.4, -0.2) is 18.1 Å². The van der Waals surface area contributed by atoms with Crippen LogP contribution in [0.2, 0.25) is 0 Å². The number of hydrazine groups is 1. The van der Waals surface area contributed by atoms with Gasteiger partial charge in [0.25, 0.3) is 0 Å². The highest BCUT2D eigenvalue weighted by Crippen LogP contribution is 2.09. The van der Waals surface area contributed by atoms with Gasteiger partial charge in [-0.05, 0) is 25.2 Å². The molecule has 0 radical (unpaired) electrons. The Morgan fingerprint density at radius 1 is 0.778 bits per heavy atom. The van der Waals surface area contributed by atoms with Crippen molar-refractivity contribution in [3.63, 3.8) is 0 Å². The number of hydrogen-bond acceptors (Lipinski definition) is 2. The summed E-state index contributed by atoms with van der Waals surface area (Å²) in [5, 5.41) is 2.01. The molecule has 0 aromatic carbocycles.